The van der Waals surface area contributed by atoms with Crippen LogP contribution in [-0.2, 0) is 9.53 Å². The van der Waals surface area contributed by atoms with Gasteiger partial charge < -0.3 is 10.1 Å². The van der Waals surface area contributed by atoms with Crippen molar-refractivity contribution in [2.75, 3.05) is 5.32 Å². The number of hydrogen-bond donors (Lipinski definition) is 1. The van der Waals surface area contributed by atoms with Gasteiger partial charge in [0.25, 0.3) is 5.91 Å². The Bertz CT molecular complexity index is 683. The second kappa shape index (κ2) is 7.09. The van der Waals surface area contributed by atoms with E-state index in [1.807, 2.05) is 13.0 Å². The lowest BCUT2D eigenvalue weighted by molar-refractivity contribution is -0.123. The normalized spacial score (nSPS) is 11.6. The van der Waals surface area contributed by atoms with Crippen LogP contribution in [0.15, 0.2) is 48.5 Å². The second-order valence-electron chi connectivity index (χ2n) is 4.91. The van der Waals surface area contributed by atoms with E-state index >= 15 is 0 Å². The quantitative estimate of drug-likeness (QED) is 0.872. The summed E-state index contributed by atoms with van der Waals surface area (Å²) in [5, 5.41) is 3.24. The fourth-order valence-corrected chi connectivity index (χ4v) is 1.96. The molecular weight excluding hydrogens is 302 g/mol. The van der Waals surface area contributed by atoms with Crippen molar-refractivity contribution in [1.29, 1.82) is 0 Å². The minimum atomic E-state index is -0.899. The molecule has 2 aromatic rings. The molecule has 0 bridgehead atoms. The van der Waals surface area contributed by atoms with Crippen LogP contribution in [0.2, 0.25) is 5.02 Å². The SMILES string of the molecule is Cc1cccc(C(=O)O[C@H](C)C(=O)Nc2ccc(Cl)cc2)c1. The van der Waals surface area contributed by atoms with E-state index in [0.717, 1.165) is 5.56 Å². The number of nitrogens with one attached hydrogen (secondary N) is 1. The van der Waals surface area contributed by atoms with Crippen molar-refractivity contribution < 1.29 is 14.3 Å². The number of rotatable bonds is 4. The van der Waals surface area contributed by atoms with E-state index in [1.54, 1.807) is 42.5 Å². The number of carbonyl (C=O) groups excluding carboxylic acids is 2. The first kappa shape index (κ1) is 16.0. The van der Waals surface area contributed by atoms with Crippen LogP contribution >= 0.6 is 11.6 Å². The highest BCUT2D eigenvalue weighted by Gasteiger charge is 2.19. The molecule has 1 amide bonds. The number of anilines is 1. The molecule has 1 atom stereocenters. The molecule has 0 saturated carbocycles. The lowest BCUT2D eigenvalue weighted by Crippen LogP contribution is -2.30. The van der Waals surface area contributed by atoms with Crippen molar-refractivity contribution in [1.82, 2.24) is 0 Å². The number of esters is 1. The molecule has 0 aromatic heterocycles. The lowest BCUT2D eigenvalue weighted by Gasteiger charge is -2.13. The fourth-order valence-electron chi connectivity index (χ4n) is 1.83. The Morgan fingerprint density at radius 3 is 2.45 bits per heavy atom. The van der Waals surface area contributed by atoms with Crippen molar-refractivity contribution >= 4 is 29.2 Å². The molecule has 0 heterocycles. The summed E-state index contributed by atoms with van der Waals surface area (Å²) in [5.74, 6) is -0.925. The molecule has 0 aliphatic rings. The van der Waals surface area contributed by atoms with Crippen LogP contribution in [0.5, 0.6) is 0 Å². The number of aryl methyl sites for hydroxylation is 1. The monoisotopic (exact) mass is 317 g/mol. The maximum Gasteiger partial charge on any atom is 0.338 e. The molecule has 0 fully saturated rings. The zero-order chi connectivity index (χ0) is 16.1. The van der Waals surface area contributed by atoms with Crippen LogP contribution in [0, 0.1) is 6.92 Å². The van der Waals surface area contributed by atoms with Crippen LogP contribution in [0.25, 0.3) is 0 Å². The number of hydrogen-bond acceptors (Lipinski definition) is 3. The Labute approximate surface area is 134 Å². The first-order chi connectivity index (χ1) is 10.5. The van der Waals surface area contributed by atoms with Gasteiger partial charge in [0, 0.05) is 10.7 Å². The number of halogens is 1. The third kappa shape index (κ3) is 4.33. The van der Waals surface area contributed by atoms with Crippen LogP contribution in [0.3, 0.4) is 0 Å². The summed E-state index contributed by atoms with van der Waals surface area (Å²) in [6.07, 6.45) is -0.899. The second-order valence-corrected chi connectivity index (χ2v) is 5.35. The molecule has 5 heteroatoms. The fraction of sp³-hybridized carbons (Fsp3) is 0.176. The Hall–Kier alpha value is -2.33. The minimum Gasteiger partial charge on any atom is -0.449 e. The van der Waals surface area contributed by atoms with Gasteiger partial charge in [0.2, 0.25) is 0 Å². The van der Waals surface area contributed by atoms with E-state index in [-0.39, 0.29) is 0 Å². The Morgan fingerprint density at radius 1 is 1.14 bits per heavy atom. The summed E-state index contributed by atoms with van der Waals surface area (Å²) in [4.78, 5) is 24.0. The smallest absolute Gasteiger partial charge is 0.338 e. The highest BCUT2D eigenvalue weighted by molar-refractivity contribution is 6.30. The van der Waals surface area contributed by atoms with Crippen molar-refractivity contribution in [3.8, 4) is 0 Å². The number of carbonyl (C=O) groups is 2. The summed E-state index contributed by atoms with van der Waals surface area (Å²) in [7, 11) is 0. The lowest BCUT2D eigenvalue weighted by atomic mass is 10.1. The highest BCUT2D eigenvalue weighted by atomic mass is 35.5. The average molecular weight is 318 g/mol. The van der Waals surface area contributed by atoms with Crippen LogP contribution in [0.1, 0.15) is 22.8 Å². The summed E-state index contributed by atoms with van der Waals surface area (Å²) in [5.41, 5.74) is 1.96. The summed E-state index contributed by atoms with van der Waals surface area (Å²) in [6.45, 7) is 3.41. The van der Waals surface area contributed by atoms with Gasteiger partial charge in [-0.15, -0.1) is 0 Å². The van der Waals surface area contributed by atoms with Crippen molar-refractivity contribution in [2.24, 2.45) is 0 Å². The van der Waals surface area contributed by atoms with Gasteiger partial charge in [-0.1, -0.05) is 29.3 Å². The molecule has 0 radical (unpaired) electrons. The molecule has 0 aliphatic heterocycles. The predicted octanol–water partition coefficient (Wildman–Crippen LogP) is 3.83. The van der Waals surface area contributed by atoms with Gasteiger partial charge in [0.15, 0.2) is 6.10 Å². The van der Waals surface area contributed by atoms with Crippen molar-refractivity contribution in [2.45, 2.75) is 20.0 Å². The first-order valence-corrected chi connectivity index (χ1v) is 7.17. The Morgan fingerprint density at radius 2 is 1.82 bits per heavy atom. The third-order valence-electron chi connectivity index (χ3n) is 3.02. The molecule has 0 spiro atoms. The van der Waals surface area contributed by atoms with Gasteiger partial charge in [-0.05, 0) is 50.2 Å². The Balaban J connectivity index is 1.96. The van der Waals surface area contributed by atoms with Crippen molar-refractivity contribution in [3.05, 3.63) is 64.7 Å². The number of amides is 1. The topological polar surface area (TPSA) is 55.4 Å². The van der Waals surface area contributed by atoms with Gasteiger partial charge in [0.1, 0.15) is 0 Å². The summed E-state index contributed by atoms with van der Waals surface area (Å²) in [6, 6.07) is 13.7. The van der Waals surface area contributed by atoms with Gasteiger partial charge in [-0.3, -0.25) is 4.79 Å². The molecule has 4 nitrogen and oxygen atoms in total. The maximum absolute atomic E-state index is 12.0. The molecule has 1 N–H and O–H groups in total. The van der Waals surface area contributed by atoms with Crippen molar-refractivity contribution in [3.63, 3.8) is 0 Å². The van der Waals surface area contributed by atoms with E-state index in [0.29, 0.717) is 16.3 Å². The van der Waals surface area contributed by atoms with E-state index < -0.39 is 18.0 Å². The van der Waals surface area contributed by atoms with Gasteiger partial charge in [-0.25, -0.2) is 4.79 Å². The summed E-state index contributed by atoms with van der Waals surface area (Å²) >= 11 is 5.78. The predicted molar refractivity (Wildman–Crippen MR) is 86.1 cm³/mol. The first-order valence-electron chi connectivity index (χ1n) is 6.80. The molecule has 114 valence electrons. The number of ether oxygens (including phenoxy) is 1. The maximum atomic E-state index is 12.0. The molecule has 2 rings (SSSR count). The van der Waals surface area contributed by atoms with E-state index in [9.17, 15) is 9.59 Å². The third-order valence-corrected chi connectivity index (χ3v) is 3.27. The van der Waals surface area contributed by atoms with E-state index in [2.05, 4.69) is 5.32 Å². The molecule has 22 heavy (non-hydrogen) atoms. The van der Waals surface area contributed by atoms with E-state index in [4.69, 9.17) is 16.3 Å². The van der Waals surface area contributed by atoms with E-state index in [1.165, 1.54) is 6.92 Å². The standard InChI is InChI=1S/C17H16ClNO3/c1-11-4-3-5-13(10-11)17(21)22-12(2)16(20)19-15-8-6-14(18)7-9-15/h3-10,12H,1-2H3,(H,19,20)/t12-/m1/s1. The molecule has 0 unspecified atom stereocenters. The highest BCUT2D eigenvalue weighted by Crippen LogP contribution is 2.14. The van der Waals surface area contributed by atoms with Gasteiger partial charge in [-0.2, -0.15) is 0 Å². The zero-order valence-electron chi connectivity index (χ0n) is 12.3. The van der Waals surface area contributed by atoms with Gasteiger partial charge >= 0.3 is 5.97 Å². The molecule has 0 saturated heterocycles. The minimum absolute atomic E-state index is 0.400. The van der Waals surface area contributed by atoms with Gasteiger partial charge in [0.05, 0.1) is 5.56 Å². The molecule has 0 aliphatic carbocycles. The molecular formula is C17H16ClNO3. The molecule has 2 aromatic carbocycles. The van der Waals surface area contributed by atoms with Crippen LogP contribution in [-0.4, -0.2) is 18.0 Å². The Kier molecular flexibility index (Phi) is 5.17. The zero-order valence-corrected chi connectivity index (χ0v) is 13.1. The summed E-state index contributed by atoms with van der Waals surface area (Å²) < 4.78 is 5.17. The average Bonchev–Trinajstić information content (AvgIpc) is 2.49. The largest absolute Gasteiger partial charge is 0.449 e. The van der Waals surface area contributed by atoms with Crippen LogP contribution < -0.4 is 5.32 Å². The number of benzene rings is 2. The van der Waals surface area contributed by atoms with Crippen LogP contribution in [0.4, 0.5) is 5.69 Å².